The highest BCUT2D eigenvalue weighted by Crippen LogP contribution is 2.22. The molecule has 146 valence electrons. The van der Waals surface area contributed by atoms with E-state index in [9.17, 15) is 18.3 Å². The van der Waals surface area contributed by atoms with E-state index in [2.05, 4.69) is 0 Å². The molecule has 2 aromatic rings. The van der Waals surface area contributed by atoms with Crippen LogP contribution in [-0.2, 0) is 21.1 Å². The highest BCUT2D eigenvalue weighted by Gasteiger charge is 2.33. The molecule has 0 aliphatic heterocycles. The molecule has 4 nitrogen and oxygen atoms in total. The molecule has 0 amide bonds. The minimum atomic E-state index is -3.87. The van der Waals surface area contributed by atoms with Gasteiger partial charge in [-0.2, -0.15) is 0 Å². The van der Waals surface area contributed by atoms with Crippen molar-refractivity contribution >= 4 is 27.4 Å². The lowest BCUT2D eigenvalue weighted by Crippen LogP contribution is -2.30. The van der Waals surface area contributed by atoms with Crippen molar-refractivity contribution in [3.05, 3.63) is 64.7 Å². The number of benzene rings is 2. The van der Waals surface area contributed by atoms with Gasteiger partial charge in [-0.15, -0.1) is 0 Å². The van der Waals surface area contributed by atoms with Crippen molar-refractivity contribution in [3.63, 3.8) is 0 Å². The molecular weight excluding hydrogens is 384 g/mol. The fourth-order valence-corrected chi connectivity index (χ4v) is 4.85. The quantitative estimate of drug-likeness (QED) is 0.557. The Morgan fingerprint density at radius 3 is 2.33 bits per heavy atom. The summed E-state index contributed by atoms with van der Waals surface area (Å²) >= 11 is 5.86. The number of halogens is 1. The Hall–Kier alpha value is -1.85. The molecule has 0 aliphatic rings. The fourth-order valence-electron chi connectivity index (χ4n) is 3.03. The maximum Gasteiger partial charge on any atom is 0.322 e. The SMILES string of the molecule is Cc1cccc(S(=O)(=O)C(CCCCCCc2ccc(Cl)cc2)C(=O)O)c1. The van der Waals surface area contributed by atoms with Crippen molar-refractivity contribution < 1.29 is 18.3 Å². The summed E-state index contributed by atoms with van der Waals surface area (Å²) in [5.74, 6) is -1.28. The average Bonchev–Trinajstić information content (AvgIpc) is 2.62. The van der Waals surface area contributed by atoms with E-state index in [1.165, 1.54) is 17.7 Å². The first-order chi connectivity index (χ1) is 12.8. The average molecular weight is 409 g/mol. The third kappa shape index (κ3) is 6.36. The van der Waals surface area contributed by atoms with Crippen LogP contribution in [0.1, 0.15) is 43.2 Å². The third-order valence-corrected chi connectivity index (χ3v) is 6.91. The van der Waals surface area contributed by atoms with Gasteiger partial charge in [0.25, 0.3) is 0 Å². The van der Waals surface area contributed by atoms with Gasteiger partial charge in [0.15, 0.2) is 15.1 Å². The van der Waals surface area contributed by atoms with Crippen LogP contribution in [0, 0.1) is 6.92 Å². The zero-order valence-corrected chi connectivity index (χ0v) is 17.0. The van der Waals surface area contributed by atoms with Crippen molar-refractivity contribution in [2.75, 3.05) is 0 Å². The number of carboxylic acid groups (broad SMARTS) is 1. The Morgan fingerprint density at radius 1 is 1.04 bits per heavy atom. The number of unbranched alkanes of at least 4 members (excludes halogenated alkanes) is 3. The predicted molar refractivity (Wildman–Crippen MR) is 108 cm³/mol. The van der Waals surface area contributed by atoms with Crippen LogP contribution in [-0.4, -0.2) is 24.7 Å². The van der Waals surface area contributed by atoms with Gasteiger partial charge in [0.05, 0.1) is 4.90 Å². The Labute approximate surface area is 166 Å². The van der Waals surface area contributed by atoms with Gasteiger partial charge in [-0.05, 0) is 61.6 Å². The number of carboxylic acids is 1. The van der Waals surface area contributed by atoms with E-state index in [0.717, 1.165) is 31.2 Å². The van der Waals surface area contributed by atoms with Crippen LogP contribution >= 0.6 is 11.6 Å². The predicted octanol–water partition coefficient (Wildman–Crippen LogP) is 5.07. The smallest absolute Gasteiger partial charge is 0.322 e. The van der Waals surface area contributed by atoms with E-state index in [4.69, 9.17) is 11.6 Å². The Kier molecular flexibility index (Phi) is 7.87. The van der Waals surface area contributed by atoms with Crippen LogP contribution in [0.4, 0.5) is 0 Å². The molecule has 0 aromatic heterocycles. The third-order valence-electron chi connectivity index (χ3n) is 4.56. The molecule has 0 heterocycles. The number of hydrogen-bond acceptors (Lipinski definition) is 3. The molecule has 2 aromatic carbocycles. The summed E-state index contributed by atoms with van der Waals surface area (Å²) in [6.07, 6.45) is 4.35. The molecule has 2 rings (SSSR count). The molecule has 0 saturated heterocycles. The molecule has 0 spiro atoms. The van der Waals surface area contributed by atoms with E-state index < -0.39 is 21.1 Å². The van der Waals surface area contributed by atoms with Gasteiger partial charge in [-0.1, -0.05) is 55.1 Å². The zero-order valence-electron chi connectivity index (χ0n) is 15.4. The first-order valence-corrected chi connectivity index (χ1v) is 11.0. The summed E-state index contributed by atoms with van der Waals surface area (Å²) in [5, 5.41) is 8.75. The van der Waals surface area contributed by atoms with Crippen LogP contribution in [0.5, 0.6) is 0 Å². The van der Waals surface area contributed by atoms with Crippen molar-refractivity contribution in [3.8, 4) is 0 Å². The molecule has 27 heavy (non-hydrogen) atoms. The first-order valence-electron chi connectivity index (χ1n) is 9.08. The number of aryl methyl sites for hydroxylation is 2. The van der Waals surface area contributed by atoms with E-state index in [-0.39, 0.29) is 11.3 Å². The number of rotatable bonds is 10. The number of carbonyl (C=O) groups is 1. The monoisotopic (exact) mass is 408 g/mol. The second-order valence-electron chi connectivity index (χ2n) is 6.77. The van der Waals surface area contributed by atoms with Crippen LogP contribution in [0.15, 0.2) is 53.4 Å². The molecule has 1 atom stereocenters. The number of sulfone groups is 1. The minimum absolute atomic E-state index is 0.0811. The molecule has 6 heteroatoms. The van der Waals surface area contributed by atoms with Crippen molar-refractivity contribution in [2.24, 2.45) is 0 Å². The lowest BCUT2D eigenvalue weighted by molar-refractivity contribution is -0.136. The Bertz CT molecular complexity index is 860. The summed E-state index contributed by atoms with van der Waals surface area (Å²) in [5.41, 5.74) is 2.01. The van der Waals surface area contributed by atoms with E-state index in [1.54, 1.807) is 19.1 Å². The summed E-state index contributed by atoms with van der Waals surface area (Å²) in [6, 6.07) is 14.1. The van der Waals surface area contributed by atoms with E-state index in [0.29, 0.717) is 11.4 Å². The van der Waals surface area contributed by atoms with Gasteiger partial charge in [0.1, 0.15) is 0 Å². The molecule has 0 aliphatic carbocycles. The van der Waals surface area contributed by atoms with Gasteiger partial charge in [-0.25, -0.2) is 8.42 Å². The van der Waals surface area contributed by atoms with Crippen LogP contribution in [0.2, 0.25) is 5.02 Å². The first kappa shape index (κ1) is 21.5. The molecule has 0 fully saturated rings. The molecule has 0 saturated carbocycles. The number of hydrogen-bond donors (Lipinski definition) is 1. The highest BCUT2D eigenvalue weighted by atomic mass is 35.5. The largest absolute Gasteiger partial charge is 0.480 e. The zero-order chi connectivity index (χ0) is 19.9. The van der Waals surface area contributed by atoms with Crippen molar-refractivity contribution in [2.45, 2.75) is 55.6 Å². The van der Waals surface area contributed by atoms with Gasteiger partial charge >= 0.3 is 5.97 Å². The maximum atomic E-state index is 12.7. The molecular formula is C21H25ClO4S. The van der Waals surface area contributed by atoms with Crippen LogP contribution in [0.3, 0.4) is 0 Å². The maximum absolute atomic E-state index is 12.7. The summed E-state index contributed by atoms with van der Waals surface area (Å²) in [4.78, 5) is 11.6. The Balaban J connectivity index is 1.84. The lowest BCUT2D eigenvalue weighted by atomic mass is 10.0. The van der Waals surface area contributed by atoms with Gasteiger partial charge < -0.3 is 5.11 Å². The molecule has 0 radical (unpaired) electrons. The van der Waals surface area contributed by atoms with Crippen molar-refractivity contribution in [1.29, 1.82) is 0 Å². The molecule has 0 bridgehead atoms. The summed E-state index contributed by atoms with van der Waals surface area (Å²) < 4.78 is 25.3. The van der Waals surface area contributed by atoms with Crippen LogP contribution < -0.4 is 0 Å². The topological polar surface area (TPSA) is 71.4 Å². The highest BCUT2D eigenvalue weighted by molar-refractivity contribution is 7.92. The second kappa shape index (κ2) is 9.90. The lowest BCUT2D eigenvalue weighted by Gasteiger charge is -2.14. The fraction of sp³-hybridized carbons (Fsp3) is 0.381. The van der Waals surface area contributed by atoms with E-state index >= 15 is 0 Å². The molecule has 1 unspecified atom stereocenters. The summed E-state index contributed by atoms with van der Waals surface area (Å²) in [7, 11) is -3.87. The van der Waals surface area contributed by atoms with Gasteiger partial charge in [0.2, 0.25) is 0 Å². The normalized spacial score (nSPS) is 12.7. The minimum Gasteiger partial charge on any atom is -0.480 e. The summed E-state index contributed by atoms with van der Waals surface area (Å²) in [6.45, 7) is 1.79. The second-order valence-corrected chi connectivity index (χ2v) is 9.33. The van der Waals surface area contributed by atoms with Crippen LogP contribution in [0.25, 0.3) is 0 Å². The molecule has 1 N–H and O–H groups in total. The number of aliphatic carboxylic acids is 1. The van der Waals surface area contributed by atoms with Crippen molar-refractivity contribution in [1.82, 2.24) is 0 Å². The van der Waals surface area contributed by atoms with Gasteiger partial charge in [-0.3, -0.25) is 4.79 Å². The Morgan fingerprint density at radius 2 is 1.70 bits per heavy atom. The van der Waals surface area contributed by atoms with E-state index in [1.807, 2.05) is 24.3 Å². The standard InChI is InChI=1S/C21H25ClO4S/c1-16-7-6-9-19(15-16)27(25,26)20(21(23)24)10-5-3-2-4-8-17-11-13-18(22)14-12-17/h6-7,9,11-15,20H,2-5,8,10H2,1H3,(H,23,24). The van der Waals surface area contributed by atoms with Gasteiger partial charge in [0, 0.05) is 5.02 Å².